The minimum Gasteiger partial charge on any atom is -0.387 e. The van der Waals surface area contributed by atoms with Gasteiger partial charge in [0.05, 0.1) is 45.5 Å². The van der Waals surface area contributed by atoms with Crippen LogP contribution in [0.1, 0.15) is 75.2 Å². The summed E-state index contributed by atoms with van der Waals surface area (Å²) in [7, 11) is 0. The number of nitriles is 1. The van der Waals surface area contributed by atoms with E-state index in [1.165, 1.54) is 0 Å². The monoisotopic (exact) mass is 639 g/mol. The maximum absolute atomic E-state index is 16.9. The Balaban J connectivity index is 1.69. The highest BCUT2D eigenvalue weighted by atomic mass is 35.5. The molecular formula is C33H33Cl2F2N5O2. The molecule has 1 saturated carbocycles. The molecule has 3 N–H and O–H groups in total. The molecule has 1 unspecified atom stereocenters. The number of benzene rings is 2. The highest BCUT2D eigenvalue weighted by Crippen LogP contribution is 2.45. The van der Waals surface area contributed by atoms with Crippen LogP contribution >= 0.6 is 23.2 Å². The van der Waals surface area contributed by atoms with Crippen molar-refractivity contribution in [2.24, 2.45) is 5.92 Å². The minimum atomic E-state index is -1.84. The van der Waals surface area contributed by atoms with E-state index >= 15 is 4.39 Å². The molecule has 1 aliphatic heterocycles. The summed E-state index contributed by atoms with van der Waals surface area (Å²) in [5.41, 5.74) is 0.991. The van der Waals surface area contributed by atoms with Gasteiger partial charge in [0, 0.05) is 40.6 Å². The van der Waals surface area contributed by atoms with Gasteiger partial charge in [0.15, 0.2) is 11.5 Å². The summed E-state index contributed by atoms with van der Waals surface area (Å²) in [4.78, 5) is 17.5. The van der Waals surface area contributed by atoms with Crippen LogP contribution in [0.5, 0.6) is 0 Å². The molecule has 1 aliphatic carbocycles. The number of hydrogen-bond donors (Lipinski definition) is 3. The number of aliphatic hydroxyl groups is 1. The van der Waals surface area contributed by atoms with Crippen molar-refractivity contribution >= 4 is 50.9 Å². The summed E-state index contributed by atoms with van der Waals surface area (Å²) >= 11 is 12.9. The summed E-state index contributed by atoms with van der Waals surface area (Å²) in [5.74, 6) is -1.11. The third-order valence-corrected chi connectivity index (χ3v) is 9.79. The topological polar surface area (TPSA) is 103 Å². The van der Waals surface area contributed by atoms with E-state index < -0.39 is 29.5 Å². The number of aromatic nitrogens is 2. The Labute approximate surface area is 264 Å². The molecule has 7 nitrogen and oxygen atoms in total. The molecule has 44 heavy (non-hydrogen) atoms. The number of pyridine rings is 1. The van der Waals surface area contributed by atoms with Crippen molar-refractivity contribution < 1.29 is 18.7 Å². The van der Waals surface area contributed by atoms with Crippen LogP contribution < -0.4 is 10.6 Å². The third kappa shape index (κ3) is 5.12. The van der Waals surface area contributed by atoms with Crippen molar-refractivity contribution in [3.8, 4) is 17.2 Å². The third-order valence-electron chi connectivity index (χ3n) is 8.97. The van der Waals surface area contributed by atoms with E-state index in [-0.39, 0.29) is 64.5 Å². The number of aliphatic hydroxyl groups excluding tert-OH is 1. The van der Waals surface area contributed by atoms with Crippen LogP contribution in [0.2, 0.25) is 10.0 Å². The molecule has 1 amide bonds. The molecule has 4 atom stereocenters. The fourth-order valence-corrected chi connectivity index (χ4v) is 6.84. The van der Waals surface area contributed by atoms with Crippen molar-refractivity contribution in [1.82, 2.24) is 20.2 Å². The van der Waals surface area contributed by atoms with E-state index in [0.717, 1.165) is 6.54 Å². The Morgan fingerprint density at radius 3 is 2.66 bits per heavy atom. The van der Waals surface area contributed by atoms with Gasteiger partial charge in [-0.3, -0.25) is 4.79 Å². The number of nitrogens with zero attached hydrogens (tertiary/aromatic N) is 3. The smallest absolute Gasteiger partial charge is 0.258 e. The number of alkyl halides is 1. The van der Waals surface area contributed by atoms with Crippen molar-refractivity contribution in [3.63, 3.8) is 0 Å². The van der Waals surface area contributed by atoms with Gasteiger partial charge in [-0.05, 0) is 69.3 Å². The van der Waals surface area contributed by atoms with Gasteiger partial charge in [-0.2, -0.15) is 5.26 Å². The Morgan fingerprint density at radius 1 is 1.27 bits per heavy atom. The van der Waals surface area contributed by atoms with Gasteiger partial charge in [0.1, 0.15) is 5.52 Å². The molecule has 0 spiro atoms. The standard InChI is InChI=1S/C33H33Cl2F2N5O2/c1-16-14-39-15-25(16)42-24(17(2)40-32(44)33(37)9-10-33)13-22-29(18(3)43)41-30-21(31(22)42)12-19(6-5-11-38)26(28(30)36)20-7-4-8-23(34)27(20)35/h4,7-8,12-13,16-18,25,39,43H,5-6,9-10,14-15H2,1-3H3,(H,40,44)/t16-,17-,18?,25-/m1/s1. The Bertz CT molecular complexity index is 1850. The van der Waals surface area contributed by atoms with E-state index in [0.29, 0.717) is 39.7 Å². The highest BCUT2D eigenvalue weighted by molar-refractivity contribution is 6.43. The van der Waals surface area contributed by atoms with Gasteiger partial charge in [-0.25, -0.2) is 13.8 Å². The van der Waals surface area contributed by atoms with E-state index in [9.17, 15) is 19.6 Å². The number of aryl methyl sites for hydroxylation is 1. The van der Waals surface area contributed by atoms with Gasteiger partial charge in [-0.15, -0.1) is 0 Å². The lowest BCUT2D eigenvalue weighted by atomic mass is 9.92. The molecule has 2 aliphatic rings. The second-order valence-corrected chi connectivity index (χ2v) is 12.9. The van der Waals surface area contributed by atoms with E-state index in [4.69, 9.17) is 23.2 Å². The molecule has 230 valence electrons. The van der Waals surface area contributed by atoms with Gasteiger partial charge in [0.2, 0.25) is 0 Å². The molecule has 1 saturated heterocycles. The summed E-state index contributed by atoms with van der Waals surface area (Å²) in [5, 5.41) is 28.2. The lowest BCUT2D eigenvalue weighted by molar-refractivity contribution is -0.128. The zero-order valence-electron chi connectivity index (χ0n) is 24.6. The van der Waals surface area contributed by atoms with Crippen LogP contribution in [-0.2, 0) is 11.2 Å². The number of carbonyl (C=O) groups is 1. The van der Waals surface area contributed by atoms with Crippen LogP contribution in [-0.4, -0.2) is 39.3 Å². The summed E-state index contributed by atoms with van der Waals surface area (Å²) in [6, 6.07) is 10.2. The maximum Gasteiger partial charge on any atom is 0.258 e. The normalized spacial score (nSPS) is 20.5. The van der Waals surface area contributed by atoms with Gasteiger partial charge in [-0.1, -0.05) is 42.3 Å². The predicted octanol–water partition coefficient (Wildman–Crippen LogP) is 7.27. The predicted molar refractivity (Wildman–Crippen MR) is 168 cm³/mol. The Hall–Kier alpha value is -3.29. The molecule has 6 rings (SSSR count). The van der Waals surface area contributed by atoms with Gasteiger partial charge < -0.3 is 20.3 Å². The number of amides is 1. The molecule has 2 aromatic carbocycles. The largest absolute Gasteiger partial charge is 0.387 e. The molecular weight excluding hydrogens is 607 g/mol. The number of halogens is 4. The molecule has 2 fully saturated rings. The van der Waals surface area contributed by atoms with E-state index in [2.05, 4.69) is 33.2 Å². The van der Waals surface area contributed by atoms with Crippen molar-refractivity contribution in [2.75, 3.05) is 13.1 Å². The summed E-state index contributed by atoms with van der Waals surface area (Å²) < 4.78 is 33.7. The number of fused-ring (bicyclic) bond motifs is 3. The first-order chi connectivity index (χ1) is 21.0. The summed E-state index contributed by atoms with van der Waals surface area (Å²) in [6.45, 7) is 6.87. The lowest BCUT2D eigenvalue weighted by Gasteiger charge is -2.26. The molecule has 0 bridgehead atoms. The zero-order valence-corrected chi connectivity index (χ0v) is 26.2. The van der Waals surface area contributed by atoms with Crippen molar-refractivity contribution in [2.45, 2.75) is 70.3 Å². The number of rotatable bonds is 8. The molecule has 4 aromatic rings. The average molecular weight is 641 g/mol. The first-order valence-corrected chi connectivity index (χ1v) is 15.6. The molecule has 11 heteroatoms. The number of hydrogen-bond acceptors (Lipinski definition) is 5. The van der Waals surface area contributed by atoms with Crippen LogP contribution in [0.4, 0.5) is 8.78 Å². The first kappa shape index (κ1) is 30.7. The second kappa shape index (κ2) is 11.6. The van der Waals surface area contributed by atoms with E-state index in [1.54, 1.807) is 32.0 Å². The van der Waals surface area contributed by atoms with Crippen molar-refractivity contribution in [1.29, 1.82) is 5.26 Å². The van der Waals surface area contributed by atoms with Gasteiger partial charge in [0.25, 0.3) is 5.91 Å². The zero-order chi connectivity index (χ0) is 31.5. The number of nitrogens with one attached hydrogen (secondary N) is 2. The van der Waals surface area contributed by atoms with Crippen molar-refractivity contribution in [3.05, 3.63) is 63.1 Å². The highest BCUT2D eigenvalue weighted by Gasteiger charge is 2.51. The molecule has 0 radical (unpaired) electrons. The summed E-state index contributed by atoms with van der Waals surface area (Å²) in [6.07, 6.45) is -0.264. The Morgan fingerprint density at radius 2 is 2.02 bits per heavy atom. The number of carbonyl (C=O) groups excluding carboxylic acids is 1. The Kier molecular flexibility index (Phi) is 8.08. The SMILES string of the molecule is CC(O)c1nc2c(F)c(-c3cccc(Cl)c3Cl)c(CCC#N)cc2c2c1cc([C@@H](C)NC(=O)C1(F)CC1)n2[C@@H]1CNC[C@H]1C. The van der Waals surface area contributed by atoms with Gasteiger partial charge >= 0.3 is 0 Å². The van der Waals surface area contributed by atoms with E-state index in [1.807, 2.05) is 12.1 Å². The van der Waals surface area contributed by atoms with Crippen LogP contribution in [0.25, 0.3) is 32.9 Å². The second-order valence-electron chi connectivity index (χ2n) is 12.1. The molecule has 2 aromatic heterocycles. The van der Waals surface area contributed by atoms with Crippen LogP contribution in [0.3, 0.4) is 0 Å². The average Bonchev–Trinajstić information content (AvgIpc) is 3.41. The van der Waals surface area contributed by atoms with Crippen LogP contribution in [0.15, 0.2) is 30.3 Å². The first-order valence-electron chi connectivity index (χ1n) is 14.9. The molecule has 3 heterocycles. The maximum atomic E-state index is 16.9. The fraction of sp³-hybridized carbons (Fsp3) is 0.424. The minimum absolute atomic E-state index is 0.0436. The fourth-order valence-electron chi connectivity index (χ4n) is 6.44. The van der Waals surface area contributed by atoms with Crippen LogP contribution in [0, 0.1) is 23.1 Å². The lowest BCUT2D eigenvalue weighted by Crippen LogP contribution is -2.36. The quantitative estimate of drug-likeness (QED) is 0.188.